The fraction of sp³-hybridized carbons (Fsp3) is 0.938. The Morgan fingerprint density at radius 1 is 0.963 bits per heavy atom. The van der Waals surface area contributed by atoms with E-state index >= 15 is 0 Å². The van der Waals surface area contributed by atoms with E-state index in [4.69, 9.17) is 23.7 Å². The van der Waals surface area contributed by atoms with Gasteiger partial charge >= 0.3 is 5.97 Å². The largest absolute Gasteiger partial charge is 0.463 e. The van der Waals surface area contributed by atoms with E-state index in [-0.39, 0.29) is 6.61 Å². The van der Waals surface area contributed by atoms with Crippen molar-refractivity contribution in [3.63, 3.8) is 0 Å². The van der Waals surface area contributed by atoms with E-state index in [1.807, 2.05) is 0 Å². The molecule has 2 heterocycles. The number of esters is 1. The van der Waals surface area contributed by atoms with Crippen LogP contribution in [-0.4, -0.2) is 107 Å². The number of carbonyl (C=O) groups is 1. The first-order valence-corrected chi connectivity index (χ1v) is 8.66. The minimum Gasteiger partial charge on any atom is -0.463 e. The number of ether oxygens (including phenoxy) is 5. The molecule has 2 fully saturated rings. The maximum atomic E-state index is 11.0. The van der Waals surface area contributed by atoms with E-state index in [2.05, 4.69) is 0 Å². The van der Waals surface area contributed by atoms with E-state index < -0.39 is 73.8 Å². The molecule has 2 rings (SSSR count). The number of rotatable bonds is 6. The topological polar surface area (TPSA) is 164 Å². The van der Waals surface area contributed by atoms with Gasteiger partial charge in [-0.15, -0.1) is 0 Å². The van der Waals surface area contributed by atoms with Crippen molar-refractivity contribution in [2.75, 3.05) is 20.3 Å². The molecule has 11 heteroatoms. The molecule has 5 unspecified atom stereocenters. The van der Waals surface area contributed by atoms with Crippen molar-refractivity contribution >= 4 is 5.97 Å². The summed E-state index contributed by atoms with van der Waals surface area (Å²) in [7, 11) is 1.27. The predicted octanol–water partition coefficient (Wildman–Crippen LogP) is -2.90. The van der Waals surface area contributed by atoms with Crippen LogP contribution in [0.5, 0.6) is 0 Å². The van der Waals surface area contributed by atoms with Gasteiger partial charge in [0.1, 0.15) is 43.2 Å². The van der Waals surface area contributed by atoms with E-state index in [1.165, 1.54) is 14.0 Å². The number of aliphatic hydroxyl groups is 5. The molecule has 158 valence electrons. The maximum Gasteiger partial charge on any atom is 0.302 e. The van der Waals surface area contributed by atoms with Crippen molar-refractivity contribution in [1.29, 1.82) is 0 Å². The van der Waals surface area contributed by atoms with Gasteiger partial charge in [0.2, 0.25) is 0 Å². The number of hydrogen-bond donors (Lipinski definition) is 5. The highest BCUT2D eigenvalue weighted by molar-refractivity contribution is 5.65. The fourth-order valence-electron chi connectivity index (χ4n) is 3.14. The zero-order valence-corrected chi connectivity index (χ0v) is 15.4. The van der Waals surface area contributed by atoms with Crippen LogP contribution >= 0.6 is 0 Å². The van der Waals surface area contributed by atoms with Gasteiger partial charge in [-0.25, -0.2) is 0 Å². The summed E-state index contributed by atoms with van der Waals surface area (Å²) in [6.07, 6.45) is -11.1. The van der Waals surface area contributed by atoms with Gasteiger partial charge < -0.3 is 49.2 Å². The second kappa shape index (κ2) is 9.54. The van der Waals surface area contributed by atoms with Gasteiger partial charge in [-0.2, -0.15) is 0 Å². The molecule has 0 aliphatic carbocycles. The summed E-state index contributed by atoms with van der Waals surface area (Å²) < 4.78 is 26.2. The second-order valence-corrected chi connectivity index (χ2v) is 6.73. The van der Waals surface area contributed by atoms with Crippen molar-refractivity contribution in [2.24, 2.45) is 5.92 Å². The van der Waals surface area contributed by atoms with Crippen molar-refractivity contribution in [3.8, 4) is 0 Å². The van der Waals surface area contributed by atoms with Crippen LogP contribution < -0.4 is 0 Å². The molecule has 27 heavy (non-hydrogen) atoms. The monoisotopic (exact) mass is 396 g/mol. The van der Waals surface area contributed by atoms with Crippen molar-refractivity contribution in [3.05, 3.63) is 0 Å². The summed E-state index contributed by atoms with van der Waals surface area (Å²) in [5, 5.41) is 50.5. The van der Waals surface area contributed by atoms with Gasteiger partial charge in [-0.3, -0.25) is 4.79 Å². The minimum atomic E-state index is -1.43. The third-order valence-electron chi connectivity index (χ3n) is 4.84. The SMILES string of the molecule is CO[C@@H]1OC(CO)[C@H](O)C(O[C@@H]2OC(COC(C)=O)[C@@H](O)[C@@H](C)C2O)C1O. The second-order valence-electron chi connectivity index (χ2n) is 6.73. The molecule has 0 aromatic heterocycles. The molecule has 0 saturated carbocycles. The Kier molecular flexibility index (Phi) is 7.92. The van der Waals surface area contributed by atoms with Crippen LogP contribution in [0, 0.1) is 5.92 Å². The highest BCUT2D eigenvalue weighted by Crippen LogP contribution is 2.31. The lowest BCUT2D eigenvalue weighted by Crippen LogP contribution is -2.63. The molecule has 2 aliphatic heterocycles. The standard InChI is InChI=1S/C16H28O11/c1-6-10(19)9(5-24-7(2)18)26-16(11(6)20)27-14-12(21)8(4-17)25-15(23-3)13(14)22/h6,8-17,19-22H,4-5H2,1-3H3/t6-,8?,9?,10+,11?,12+,13?,14?,15-,16+/m1/s1. The fourth-order valence-corrected chi connectivity index (χ4v) is 3.14. The molecule has 0 spiro atoms. The van der Waals surface area contributed by atoms with Gasteiger partial charge in [-0.1, -0.05) is 6.92 Å². The molecule has 0 amide bonds. The van der Waals surface area contributed by atoms with Crippen molar-refractivity contribution < 1.29 is 54.0 Å². The highest BCUT2D eigenvalue weighted by atomic mass is 16.7. The average Bonchev–Trinajstić information content (AvgIpc) is 2.64. The molecular formula is C16H28O11. The van der Waals surface area contributed by atoms with E-state index in [0.29, 0.717) is 0 Å². The normalized spacial score (nSPS) is 45.5. The van der Waals surface area contributed by atoms with Gasteiger partial charge in [0.25, 0.3) is 0 Å². The maximum absolute atomic E-state index is 11.0. The number of methoxy groups -OCH3 is 1. The summed E-state index contributed by atoms with van der Waals surface area (Å²) in [6.45, 7) is 1.95. The van der Waals surface area contributed by atoms with Crippen LogP contribution in [0.1, 0.15) is 13.8 Å². The Morgan fingerprint density at radius 2 is 1.59 bits per heavy atom. The summed E-state index contributed by atoms with van der Waals surface area (Å²) in [5.74, 6) is -1.27. The van der Waals surface area contributed by atoms with Crippen LogP contribution in [-0.2, 0) is 28.5 Å². The molecule has 5 N–H and O–H groups in total. The molecule has 10 atom stereocenters. The van der Waals surface area contributed by atoms with Gasteiger partial charge in [-0.05, 0) is 0 Å². The van der Waals surface area contributed by atoms with Gasteiger partial charge in [0.05, 0.1) is 12.7 Å². The Morgan fingerprint density at radius 3 is 2.15 bits per heavy atom. The minimum absolute atomic E-state index is 0.258. The van der Waals surface area contributed by atoms with Gasteiger partial charge in [0, 0.05) is 20.0 Å². The van der Waals surface area contributed by atoms with Crippen LogP contribution in [0.3, 0.4) is 0 Å². The molecule has 2 aliphatic rings. The summed E-state index contributed by atoms with van der Waals surface area (Å²) in [5.41, 5.74) is 0. The predicted molar refractivity (Wildman–Crippen MR) is 86.1 cm³/mol. The van der Waals surface area contributed by atoms with Crippen LogP contribution in [0.4, 0.5) is 0 Å². The molecule has 11 nitrogen and oxygen atoms in total. The Hall–Kier alpha value is -0.890. The first kappa shape index (κ1) is 22.4. The third-order valence-corrected chi connectivity index (χ3v) is 4.84. The first-order chi connectivity index (χ1) is 12.7. The highest BCUT2D eigenvalue weighted by Gasteiger charge is 2.50. The summed E-state index contributed by atoms with van der Waals surface area (Å²) in [4.78, 5) is 11.0. The molecule has 2 saturated heterocycles. The molecule has 0 aromatic rings. The van der Waals surface area contributed by atoms with Crippen molar-refractivity contribution in [1.82, 2.24) is 0 Å². The van der Waals surface area contributed by atoms with Crippen LogP contribution in [0.15, 0.2) is 0 Å². The summed E-state index contributed by atoms with van der Waals surface area (Å²) in [6, 6.07) is 0. The molecular weight excluding hydrogens is 368 g/mol. The molecule has 0 aromatic carbocycles. The van der Waals surface area contributed by atoms with Gasteiger partial charge in [0.15, 0.2) is 12.6 Å². The molecule has 0 bridgehead atoms. The number of carbonyl (C=O) groups excluding carboxylic acids is 1. The zero-order valence-electron chi connectivity index (χ0n) is 15.4. The first-order valence-electron chi connectivity index (χ1n) is 8.66. The van der Waals surface area contributed by atoms with Crippen LogP contribution in [0.2, 0.25) is 0 Å². The van der Waals surface area contributed by atoms with Crippen molar-refractivity contribution in [2.45, 2.75) is 69.2 Å². The quantitative estimate of drug-likeness (QED) is 0.293. The van der Waals surface area contributed by atoms with E-state index in [9.17, 15) is 30.3 Å². The van der Waals surface area contributed by atoms with E-state index in [0.717, 1.165) is 0 Å². The number of aliphatic hydroxyl groups excluding tert-OH is 5. The summed E-state index contributed by atoms with van der Waals surface area (Å²) >= 11 is 0. The number of hydrogen-bond acceptors (Lipinski definition) is 11. The zero-order chi connectivity index (χ0) is 20.3. The van der Waals surface area contributed by atoms with E-state index in [1.54, 1.807) is 6.92 Å². The lowest BCUT2D eigenvalue weighted by molar-refractivity contribution is -0.353. The molecule has 0 radical (unpaired) electrons. The Balaban J connectivity index is 2.13. The average molecular weight is 396 g/mol. The Bertz CT molecular complexity index is 473. The third kappa shape index (κ3) is 4.94. The lowest BCUT2D eigenvalue weighted by Gasteiger charge is -2.46. The lowest BCUT2D eigenvalue weighted by atomic mass is 9.90. The smallest absolute Gasteiger partial charge is 0.302 e. The Labute approximate surface area is 156 Å². The van der Waals surface area contributed by atoms with Crippen LogP contribution in [0.25, 0.3) is 0 Å².